The monoisotopic (exact) mass is 218 g/mol. The minimum atomic E-state index is -9.56. The van der Waals surface area contributed by atoms with E-state index in [0.29, 0.717) is 6.08 Å². The van der Waals surface area contributed by atoms with Gasteiger partial charge in [-0.25, -0.2) is 0 Å². The first-order chi connectivity index (χ1) is 5.49. The highest BCUT2D eigenvalue weighted by molar-refractivity contribution is 8.48. The lowest BCUT2D eigenvalue weighted by Gasteiger charge is -2.37. The molecule has 0 heterocycles. The van der Waals surface area contributed by atoms with Gasteiger partial charge in [0.15, 0.2) is 0 Å². The molecule has 1 nitrogen and oxygen atoms in total. The quantitative estimate of drug-likeness (QED) is 0.529. The Morgan fingerprint density at radius 3 is 1.92 bits per heavy atom. The van der Waals surface area contributed by atoms with Crippen molar-refractivity contribution in [3.8, 4) is 0 Å². The molecule has 0 spiro atoms. The third-order valence-electron chi connectivity index (χ3n) is 1.22. The molecule has 1 aliphatic carbocycles. The Bertz CT molecular complexity index is 332. The summed E-state index contributed by atoms with van der Waals surface area (Å²) >= 11 is 0. The van der Waals surface area contributed by atoms with Crippen LogP contribution in [0, 0.1) is 6.08 Å². The van der Waals surface area contributed by atoms with Crippen LogP contribution in [0.2, 0.25) is 0 Å². The standard InChI is InChI=1S/C6H5F5NS/c7-13(8,9,10,11)6-3-1-5(12)2-4-6/h1-3H,12H2/q+1. The number of nitrogens with two attached hydrogens (primary N) is 1. The van der Waals surface area contributed by atoms with Gasteiger partial charge in [-0.1, -0.05) is 19.4 Å². The van der Waals surface area contributed by atoms with Crippen molar-refractivity contribution in [2.75, 3.05) is 0 Å². The highest BCUT2D eigenvalue weighted by atomic mass is 32.5. The smallest absolute Gasteiger partial charge is 0.341 e. The number of hydrogen-bond acceptors (Lipinski definition) is 1. The predicted octanol–water partition coefficient (Wildman–Crippen LogP) is 3.38. The van der Waals surface area contributed by atoms with Crippen LogP contribution in [0.1, 0.15) is 0 Å². The molecule has 0 saturated carbocycles. The summed E-state index contributed by atoms with van der Waals surface area (Å²) in [6.45, 7) is 0. The number of halogens is 5. The van der Waals surface area contributed by atoms with Crippen LogP contribution in [0.3, 0.4) is 0 Å². The maximum Gasteiger partial charge on any atom is 0.341 e. The van der Waals surface area contributed by atoms with Crippen LogP contribution in [0.15, 0.2) is 28.8 Å². The Hall–Kier alpha value is -1.07. The summed E-state index contributed by atoms with van der Waals surface area (Å²) in [7, 11) is -9.56. The highest BCUT2D eigenvalue weighted by Gasteiger charge is 2.70. The average molecular weight is 218 g/mol. The molecule has 0 bridgehead atoms. The van der Waals surface area contributed by atoms with Crippen molar-refractivity contribution in [3.05, 3.63) is 34.9 Å². The van der Waals surface area contributed by atoms with E-state index in [1.165, 1.54) is 6.08 Å². The SMILES string of the molecule is NC1=C[C+]=C(S(F)(F)(F)(F)F)C=C1. The Balaban J connectivity index is 3.24. The van der Waals surface area contributed by atoms with Crippen molar-refractivity contribution in [1.82, 2.24) is 0 Å². The molecule has 7 heteroatoms. The largest absolute Gasteiger partial charge is 0.347 e. The minimum absolute atomic E-state index is 0.0504. The second-order valence-electron chi connectivity index (χ2n) is 2.46. The normalized spacial score (nSPS) is 22.2. The Labute approximate surface area is 71.1 Å². The van der Waals surface area contributed by atoms with Gasteiger partial charge in [0.25, 0.3) is 4.91 Å². The van der Waals surface area contributed by atoms with E-state index in [1.807, 2.05) is 0 Å². The first kappa shape index (κ1) is 10.0. The molecule has 0 atom stereocenters. The van der Waals surface area contributed by atoms with Gasteiger partial charge in [-0.2, -0.15) is 0 Å². The summed E-state index contributed by atoms with van der Waals surface area (Å²) in [6.07, 6.45) is 3.04. The van der Waals surface area contributed by atoms with Gasteiger partial charge in [0.2, 0.25) is 0 Å². The average Bonchev–Trinajstić information content (AvgIpc) is 1.82. The molecule has 0 aromatic carbocycles. The highest BCUT2D eigenvalue weighted by Crippen LogP contribution is 3.02. The van der Waals surface area contributed by atoms with Gasteiger partial charge >= 0.3 is 10.2 Å². The van der Waals surface area contributed by atoms with Crippen molar-refractivity contribution in [2.24, 2.45) is 5.73 Å². The molecule has 0 amide bonds. The molecule has 0 aliphatic heterocycles. The van der Waals surface area contributed by atoms with Crippen LogP contribution in [-0.4, -0.2) is 0 Å². The van der Waals surface area contributed by atoms with Crippen LogP contribution >= 0.6 is 10.2 Å². The van der Waals surface area contributed by atoms with Crippen molar-refractivity contribution >= 4 is 10.2 Å². The Morgan fingerprint density at radius 2 is 1.62 bits per heavy atom. The van der Waals surface area contributed by atoms with Gasteiger partial charge in [-0.3, -0.25) is 0 Å². The lowest BCUT2D eigenvalue weighted by molar-refractivity contribution is 0.380. The number of allylic oxidation sites excluding steroid dienone is 4. The van der Waals surface area contributed by atoms with Crippen molar-refractivity contribution < 1.29 is 19.4 Å². The minimum Gasteiger partial charge on any atom is -0.347 e. The Kier molecular flexibility index (Phi) is 1.45. The fraction of sp³-hybridized carbons (Fsp3) is 0. The van der Waals surface area contributed by atoms with Crippen LogP contribution in [0.5, 0.6) is 0 Å². The van der Waals surface area contributed by atoms with E-state index < -0.39 is 15.1 Å². The molecule has 0 unspecified atom stereocenters. The van der Waals surface area contributed by atoms with Gasteiger partial charge in [0.05, 0.1) is 18.2 Å². The van der Waals surface area contributed by atoms with E-state index in [1.54, 1.807) is 0 Å². The zero-order chi connectivity index (χ0) is 10.4. The predicted molar refractivity (Wildman–Crippen MR) is 41.3 cm³/mol. The summed E-state index contributed by atoms with van der Waals surface area (Å²) in [5.41, 5.74) is 4.98. The van der Waals surface area contributed by atoms with Crippen LogP contribution in [0.4, 0.5) is 19.4 Å². The summed E-state index contributed by atoms with van der Waals surface area (Å²) in [5, 5.41) is 0. The summed E-state index contributed by atoms with van der Waals surface area (Å²) in [5.74, 6) is 0. The van der Waals surface area contributed by atoms with Crippen molar-refractivity contribution in [1.29, 1.82) is 0 Å². The fourth-order valence-electron chi connectivity index (χ4n) is 0.663. The van der Waals surface area contributed by atoms with E-state index in [-0.39, 0.29) is 11.8 Å². The van der Waals surface area contributed by atoms with E-state index >= 15 is 0 Å². The molecule has 74 valence electrons. The summed E-state index contributed by atoms with van der Waals surface area (Å²) in [6, 6.07) is 0. The molecule has 0 aromatic rings. The van der Waals surface area contributed by atoms with E-state index in [4.69, 9.17) is 5.73 Å². The van der Waals surface area contributed by atoms with E-state index in [9.17, 15) is 19.4 Å². The fourth-order valence-corrected chi connectivity index (χ4v) is 1.27. The molecule has 2 N–H and O–H groups in total. The zero-order valence-electron chi connectivity index (χ0n) is 6.11. The molecule has 0 saturated heterocycles. The molecule has 0 aromatic heterocycles. The zero-order valence-corrected chi connectivity index (χ0v) is 6.92. The van der Waals surface area contributed by atoms with Gasteiger partial charge in [0.1, 0.15) is 11.8 Å². The first-order valence-corrected chi connectivity index (χ1v) is 4.95. The van der Waals surface area contributed by atoms with E-state index in [0.717, 1.165) is 6.08 Å². The molecule has 1 rings (SSSR count). The lowest BCUT2D eigenvalue weighted by atomic mass is 10.2. The van der Waals surface area contributed by atoms with Gasteiger partial charge in [-0.15, -0.1) is 0 Å². The van der Waals surface area contributed by atoms with Gasteiger partial charge in [-0.05, 0) is 0 Å². The lowest BCUT2D eigenvalue weighted by Crippen LogP contribution is -2.09. The molecule has 0 radical (unpaired) electrons. The maximum absolute atomic E-state index is 12.0. The number of hydrogen-bond donors (Lipinski definition) is 1. The topological polar surface area (TPSA) is 26.0 Å². The summed E-state index contributed by atoms with van der Waals surface area (Å²) in [4.78, 5) is -2.05. The number of rotatable bonds is 1. The van der Waals surface area contributed by atoms with Gasteiger partial charge in [0, 0.05) is 0 Å². The van der Waals surface area contributed by atoms with Crippen LogP contribution in [-0.2, 0) is 0 Å². The van der Waals surface area contributed by atoms with Crippen LogP contribution in [0.25, 0.3) is 0 Å². The molecular formula is C6H5F5NS+. The van der Waals surface area contributed by atoms with Crippen LogP contribution < -0.4 is 5.73 Å². The maximum atomic E-state index is 12.0. The Morgan fingerprint density at radius 1 is 1.08 bits per heavy atom. The second-order valence-corrected chi connectivity index (χ2v) is 4.83. The third kappa shape index (κ3) is 2.43. The second kappa shape index (κ2) is 1.88. The molecular weight excluding hydrogens is 213 g/mol. The van der Waals surface area contributed by atoms with Crippen molar-refractivity contribution in [2.45, 2.75) is 0 Å². The first-order valence-electron chi connectivity index (χ1n) is 3.00. The molecule has 13 heavy (non-hydrogen) atoms. The molecule has 1 aliphatic rings. The van der Waals surface area contributed by atoms with Gasteiger partial charge < -0.3 is 5.73 Å². The molecule has 0 fully saturated rings. The van der Waals surface area contributed by atoms with E-state index in [2.05, 4.69) is 0 Å². The third-order valence-corrected chi connectivity index (χ3v) is 2.31. The summed E-state index contributed by atoms with van der Waals surface area (Å²) < 4.78 is 60.0. The van der Waals surface area contributed by atoms with Crippen molar-refractivity contribution in [3.63, 3.8) is 0 Å².